The van der Waals surface area contributed by atoms with Gasteiger partial charge in [-0.15, -0.1) is 0 Å². The molecule has 1 aliphatic rings. The molecule has 4 N–H and O–H groups in total. The zero-order valence-electron chi connectivity index (χ0n) is 21.1. The molecule has 0 aromatic heterocycles. The second kappa shape index (κ2) is 12.4. The fraction of sp³-hybridized carbons (Fsp3) is 0.138. The number of anilines is 2. The van der Waals surface area contributed by atoms with E-state index in [1.54, 1.807) is 55.5 Å². The Kier molecular flexibility index (Phi) is 8.81. The number of thioether (sulfide) groups is 1. The maximum Gasteiger partial charge on any atom is 0.254 e. The van der Waals surface area contributed by atoms with E-state index >= 15 is 0 Å². The number of nitrogens with zero attached hydrogens (tertiary/aromatic N) is 1. The monoisotopic (exact) mass is 560 g/mol. The Morgan fingerprint density at radius 2 is 1.82 bits per heavy atom. The fourth-order valence-electron chi connectivity index (χ4n) is 4.16. The lowest BCUT2D eigenvalue weighted by Gasteiger charge is -2.30. The van der Waals surface area contributed by atoms with Gasteiger partial charge in [0.05, 0.1) is 35.5 Å². The summed E-state index contributed by atoms with van der Waals surface area (Å²) >= 11 is 7.15. The highest BCUT2D eigenvalue weighted by molar-refractivity contribution is 8.03. The van der Waals surface area contributed by atoms with Crippen LogP contribution in [0.2, 0.25) is 5.02 Å². The number of nitriles is 1. The van der Waals surface area contributed by atoms with Crippen molar-refractivity contribution in [2.24, 2.45) is 0 Å². The number of phenols is 1. The van der Waals surface area contributed by atoms with Crippen molar-refractivity contribution in [1.82, 2.24) is 5.32 Å². The smallest absolute Gasteiger partial charge is 0.254 e. The molecule has 8 nitrogen and oxygen atoms in total. The number of allylic oxidation sites excluding steroid dienone is 2. The van der Waals surface area contributed by atoms with Gasteiger partial charge in [0, 0.05) is 27.7 Å². The van der Waals surface area contributed by atoms with Gasteiger partial charge in [-0.05, 0) is 55.0 Å². The molecule has 0 aliphatic carbocycles. The first kappa shape index (κ1) is 27.6. The first-order valence-electron chi connectivity index (χ1n) is 11.8. The van der Waals surface area contributed by atoms with Crippen LogP contribution in [0.4, 0.5) is 11.4 Å². The quantitative estimate of drug-likeness (QED) is 0.276. The summed E-state index contributed by atoms with van der Waals surface area (Å²) in [6.45, 7) is 1.74. The summed E-state index contributed by atoms with van der Waals surface area (Å²) in [7, 11) is 1.42. The third kappa shape index (κ3) is 6.55. The van der Waals surface area contributed by atoms with Gasteiger partial charge >= 0.3 is 0 Å². The number of carbonyl (C=O) groups is 2. The molecular formula is C29H25ClN4O4S. The third-order valence-electron chi connectivity index (χ3n) is 5.92. The largest absolute Gasteiger partial charge is 0.504 e. The van der Waals surface area contributed by atoms with E-state index < -0.39 is 11.8 Å². The highest BCUT2D eigenvalue weighted by Gasteiger charge is 2.35. The molecule has 10 heteroatoms. The molecule has 0 saturated carbocycles. The van der Waals surface area contributed by atoms with Crippen LogP contribution in [0.1, 0.15) is 18.4 Å². The Morgan fingerprint density at radius 1 is 1.08 bits per heavy atom. The molecule has 1 heterocycles. The van der Waals surface area contributed by atoms with Crippen LogP contribution >= 0.6 is 23.4 Å². The number of para-hydroxylation sites is 1. The molecule has 1 aliphatic heterocycles. The minimum absolute atomic E-state index is 0.00444. The van der Waals surface area contributed by atoms with Gasteiger partial charge in [0.1, 0.15) is 0 Å². The van der Waals surface area contributed by atoms with Crippen molar-refractivity contribution in [3.05, 3.63) is 105 Å². The predicted octanol–water partition coefficient (Wildman–Crippen LogP) is 5.76. The summed E-state index contributed by atoms with van der Waals surface area (Å²) in [4.78, 5) is 26.2. The minimum Gasteiger partial charge on any atom is -0.504 e. The van der Waals surface area contributed by atoms with Crippen LogP contribution in [0, 0.1) is 11.3 Å². The van der Waals surface area contributed by atoms with Gasteiger partial charge in [0.2, 0.25) is 5.91 Å². The van der Waals surface area contributed by atoms with Crippen molar-refractivity contribution < 1.29 is 19.4 Å². The van der Waals surface area contributed by atoms with E-state index in [0.29, 0.717) is 38.3 Å². The molecule has 3 aromatic carbocycles. The first-order chi connectivity index (χ1) is 18.8. The van der Waals surface area contributed by atoms with E-state index in [4.69, 9.17) is 16.3 Å². The molecule has 0 fully saturated rings. The zero-order valence-corrected chi connectivity index (χ0v) is 22.7. The molecule has 1 atom stereocenters. The Balaban J connectivity index is 1.67. The number of hydrogen-bond acceptors (Lipinski definition) is 7. The Bertz CT molecular complexity index is 1520. The van der Waals surface area contributed by atoms with Gasteiger partial charge in [-0.3, -0.25) is 9.59 Å². The number of benzene rings is 3. The van der Waals surface area contributed by atoms with Crippen LogP contribution in [0.25, 0.3) is 0 Å². The van der Waals surface area contributed by atoms with E-state index in [1.165, 1.54) is 13.2 Å². The third-order valence-corrected chi connectivity index (χ3v) is 7.17. The van der Waals surface area contributed by atoms with Crippen molar-refractivity contribution in [2.45, 2.75) is 12.8 Å². The van der Waals surface area contributed by atoms with Crippen LogP contribution in [0.15, 0.2) is 94.7 Å². The van der Waals surface area contributed by atoms with Gasteiger partial charge in [0.25, 0.3) is 5.91 Å². The lowest BCUT2D eigenvalue weighted by atomic mass is 9.82. The predicted molar refractivity (Wildman–Crippen MR) is 153 cm³/mol. The van der Waals surface area contributed by atoms with Gasteiger partial charge < -0.3 is 25.8 Å². The van der Waals surface area contributed by atoms with Crippen LogP contribution < -0.4 is 20.7 Å². The summed E-state index contributed by atoms with van der Waals surface area (Å²) in [6, 6.07) is 22.7. The average molecular weight is 561 g/mol. The van der Waals surface area contributed by atoms with Gasteiger partial charge in [-0.25, -0.2) is 0 Å². The summed E-state index contributed by atoms with van der Waals surface area (Å²) in [5.41, 5.74) is 2.84. The second-order valence-electron chi connectivity index (χ2n) is 8.55. The number of carbonyl (C=O) groups excluding carboxylic acids is 2. The molecule has 2 amide bonds. The van der Waals surface area contributed by atoms with Crippen LogP contribution in [0.3, 0.4) is 0 Å². The molecule has 39 heavy (non-hydrogen) atoms. The molecule has 0 radical (unpaired) electrons. The topological polar surface area (TPSA) is 123 Å². The van der Waals surface area contributed by atoms with Crippen molar-refractivity contribution >= 4 is 46.6 Å². The summed E-state index contributed by atoms with van der Waals surface area (Å²) in [6.07, 6.45) is 0. The molecule has 0 bridgehead atoms. The van der Waals surface area contributed by atoms with Crippen LogP contribution in [-0.2, 0) is 9.59 Å². The lowest BCUT2D eigenvalue weighted by molar-refractivity contribution is -0.114. The summed E-state index contributed by atoms with van der Waals surface area (Å²) < 4.78 is 5.29. The van der Waals surface area contributed by atoms with Crippen molar-refractivity contribution in [3.8, 4) is 17.6 Å². The van der Waals surface area contributed by atoms with E-state index in [-0.39, 0.29) is 28.7 Å². The Hall–Kier alpha value is -4.39. The van der Waals surface area contributed by atoms with Gasteiger partial charge in [-0.2, -0.15) is 5.26 Å². The minimum atomic E-state index is -0.784. The van der Waals surface area contributed by atoms with Gasteiger partial charge in [-0.1, -0.05) is 53.7 Å². The Labute approximate surface area is 235 Å². The highest BCUT2D eigenvalue weighted by atomic mass is 35.5. The van der Waals surface area contributed by atoms with E-state index in [0.717, 1.165) is 11.8 Å². The maximum atomic E-state index is 13.5. The number of hydrogen-bond donors (Lipinski definition) is 4. The molecule has 3 aromatic rings. The molecule has 4 rings (SSSR count). The number of ether oxygens (including phenoxy) is 1. The average Bonchev–Trinajstić information content (AvgIpc) is 2.92. The van der Waals surface area contributed by atoms with Crippen molar-refractivity contribution in [2.75, 3.05) is 23.5 Å². The second-order valence-corrected chi connectivity index (χ2v) is 9.97. The van der Waals surface area contributed by atoms with E-state index in [2.05, 4.69) is 22.0 Å². The fourth-order valence-corrected chi connectivity index (χ4v) is 5.24. The van der Waals surface area contributed by atoms with E-state index in [9.17, 15) is 20.0 Å². The van der Waals surface area contributed by atoms with Gasteiger partial charge in [0.15, 0.2) is 11.5 Å². The molecule has 0 spiro atoms. The number of nitrogens with one attached hydrogen (secondary N) is 3. The van der Waals surface area contributed by atoms with Crippen LogP contribution in [-0.4, -0.2) is 29.8 Å². The standard InChI is InChI=1S/C29H25ClN4O4S/c1-17-26(28(37)34-20-8-4-3-5-9-20)27(18-11-12-23(35)24(13-18)38-2)22(15-31)29(32-17)39-16-25(36)33-21-10-6-7-19(30)14-21/h3-14,27,32,35H,16H2,1-2H3,(H,33,36)(H,34,37)/t27-/m1/s1. The number of phenolic OH excluding ortho intramolecular Hbond substituents is 1. The SMILES string of the molecule is COc1cc([C@@H]2C(C#N)=C(SCC(=O)Nc3cccc(Cl)c3)NC(C)=C2C(=O)Nc2ccccc2)ccc1O. The number of rotatable bonds is 8. The zero-order chi connectivity index (χ0) is 27.9. The van der Waals surface area contributed by atoms with Crippen LogP contribution in [0.5, 0.6) is 11.5 Å². The number of halogens is 1. The van der Waals surface area contributed by atoms with E-state index in [1.807, 2.05) is 18.2 Å². The molecule has 0 saturated heterocycles. The molecule has 0 unspecified atom stereocenters. The lowest BCUT2D eigenvalue weighted by Crippen LogP contribution is -2.31. The number of amides is 2. The first-order valence-corrected chi connectivity index (χ1v) is 13.2. The maximum absolute atomic E-state index is 13.5. The van der Waals surface area contributed by atoms with Crippen molar-refractivity contribution in [3.63, 3.8) is 0 Å². The normalized spacial score (nSPS) is 14.8. The molecule has 198 valence electrons. The number of methoxy groups -OCH3 is 1. The number of dihydropyridines is 1. The Morgan fingerprint density at radius 3 is 2.51 bits per heavy atom. The molecular weight excluding hydrogens is 536 g/mol. The summed E-state index contributed by atoms with van der Waals surface area (Å²) in [5.74, 6) is -1.32. The van der Waals surface area contributed by atoms with Crippen molar-refractivity contribution in [1.29, 1.82) is 5.26 Å². The number of aromatic hydroxyl groups is 1. The summed E-state index contributed by atoms with van der Waals surface area (Å²) in [5, 5.41) is 30.2. The highest BCUT2D eigenvalue weighted by Crippen LogP contribution is 2.43.